The molecule has 0 bridgehead atoms. The Morgan fingerprint density at radius 2 is 2.00 bits per heavy atom. The number of pyridine rings is 1. The number of aromatic carboxylic acids is 1. The molecular formula is C15H17N5O2. The Morgan fingerprint density at radius 3 is 2.64 bits per heavy atom. The van der Waals surface area contributed by atoms with Gasteiger partial charge in [0.15, 0.2) is 0 Å². The maximum Gasteiger partial charge on any atom is 0.339 e. The fourth-order valence-corrected chi connectivity index (χ4v) is 2.72. The van der Waals surface area contributed by atoms with Crippen LogP contribution in [-0.2, 0) is 13.0 Å². The summed E-state index contributed by atoms with van der Waals surface area (Å²) in [5.74, 6) is 0.217. The average molecular weight is 299 g/mol. The summed E-state index contributed by atoms with van der Waals surface area (Å²) in [5.41, 5.74) is 2.08. The zero-order valence-electron chi connectivity index (χ0n) is 12.5. The predicted octanol–water partition coefficient (Wildman–Crippen LogP) is 1.20. The summed E-state index contributed by atoms with van der Waals surface area (Å²) >= 11 is 0. The molecule has 0 radical (unpaired) electrons. The minimum absolute atomic E-state index is 0.302. The van der Waals surface area contributed by atoms with Crippen LogP contribution in [0.5, 0.6) is 0 Å². The molecule has 0 aliphatic carbocycles. The monoisotopic (exact) mass is 299 g/mol. The number of hydrogen-bond acceptors (Lipinski definition) is 6. The Hall–Kier alpha value is -2.70. The number of rotatable bonds is 3. The molecule has 114 valence electrons. The second-order valence-corrected chi connectivity index (χ2v) is 5.38. The first-order chi connectivity index (χ1) is 10.6. The zero-order valence-corrected chi connectivity index (χ0v) is 12.5. The normalized spacial score (nSPS) is 13.6. The summed E-state index contributed by atoms with van der Waals surface area (Å²) in [6, 6.07) is 1.77. The lowest BCUT2D eigenvalue weighted by Gasteiger charge is -2.30. The number of hydrogen-bond donors (Lipinski definition) is 1. The van der Waals surface area contributed by atoms with E-state index in [0.29, 0.717) is 36.8 Å². The first-order valence-corrected chi connectivity index (χ1v) is 7.01. The van der Waals surface area contributed by atoms with E-state index in [4.69, 9.17) is 0 Å². The Balaban J connectivity index is 2.00. The first kappa shape index (κ1) is 14.2. The molecule has 3 rings (SSSR count). The Morgan fingerprint density at radius 1 is 1.27 bits per heavy atom. The molecule has 0 saturated heterocycles. The SMILES string of the molecule is CN(C)c1ncc2c(c1C(=O)O)CCN(c1ncccn1)C2. The van der Waals surface area contributed by atoms with Crippen molar-refractivity contribution in [2.75, 3.05) is 30.4 Å². The van der Waals surface area contributed by atoms with Crippen molar-refractivity contribution in [3.05, 3.63) is 41.3 Å². The van der Waals surface area contributed by atoms with Crippen LogP contribution in [0.3, 0.4) is 0 Å². The van der Waals surface area contributed by atoms with Crippen LogP contribution in [0.4, 0.5) is 11.8 Å². The van der Waals surface area contributed by atoms with Gasteiger partial charge in [0.05, 0.1) is 0 Å². The van der Waals surface area contributed by atoms with E-state index < -0.39 is 5.97 Å². The average Bonchev–Trinajstić information content (AvgIpc) is 2.53. The van der Waals surface area contributed by atoms with Crippen molar-refractivity contribution in [3.8, 4) is 0 Å². The Bertz CT molecular complexity index is 703. The van der Waals surface area contributed by atoms with Crippen LogP contribution in [-0.4, -0.2) is 46.7 Å². The maximum absolute atomic E-state index is 11.6. The molecule has 7 heteroatoms. The van der Waals surface area contributed by atoms with E-state index in [2.05, 4.69) is 15.0 Å². The van der Waals surface area contributed by atoms with Crippen LogP contribution in [0.2, 0.25) is 0 Å². The van der Waals surface area contributed by atoms with E-state index in [0.717, 1.165) is 11.1 Å². The quantitative estimate of drug-likeness (QED) is 0.911. The maximum atomic E-state index is 11.6. The number of carboxylic acids is 1. The largest absolute Gasteiger partial charge is 0.478 e. The van der Waals surface area contributed by atoms with Crippen LogP contribution in [0.25, 0.3) is 0 Å². The van der Waals surface area contributed by atoms with Gasteiger partial charge in [0.2, 0.25) is 5.95 Å². The van der Waals surface area contributed by atoms with E-state index in [1.54, 1.807) is 43.7 Å². The fourth-order valence-electron chi connectivity index (χ4n) is 2.72. The zero-order chi connectivity index (χ0) is 15.7. The van der Waals surface area contributed by atoms with Crippen LogP contribution >= 0.6 is 0 Å². The lowest BCUT2D eigenvalue weighted by Crippen LogP contribution is -2.33. The fraction of sp³-hybridized carbons (Fsp3) is 0.333. The van der Waals surface area contributed by atoms with Gasteiger partial charge >= 0.3 is 5.97 Å². The van der Waals surface area contributed by atoms with Gasteiger partial charge in [0.25, 0.3) is 0 Å². The highest BCUT2D eigenvalue weighted by Gasteiger charge is 2.26. The molecule has 0 spiro atoms. The smallest absolute Gasteiger partial charge is 0.339 e. The van der Waals surface area contributed by atoms with E-state index >= 15 is 0 Å². The van der Waals surface area contributed by atoms with Crippen molar-refractivity contribution < 1.29 is 9.90 Å². The van der Waals surface area contributed by atoms with Gasteiger partial charge in [-0.2, -0.15) is 0 Å². The second-order valence-electron chi connectivity index (χ2n) is 5.38. The van der Waals surface area contributed by atoms with Crippen LogP contribution in [0.15, 0.2) is 24.7 Å². The summed E-state index contributed by atoms with van der Waals surface area (Å²) in [7, 11) is 3.60. The van der Waals surface area contributed by atoms with Gasteiger partial charge in [-0.1, -0.05) is 0 Å². The van der Waals surface area contributed by atoms with E-state index in [-0.39, 0.29) is 0 Å². The number of carboxylic acid groups (broad SMARTS) is 1. The van der Waals surface area contributed by atoms with Gasteiger partial charge in [-0.3, -0.25) is 0 Å². The molecular weight excluding hydrogens is 282 g/mol. The van der Waals surface area contributed by atoms with Crippen LogP contribution < -0.4 is 9.80 Å². The number of aromatic nitrogens is 3. The molecule has 3 heterocycles. The molecule has 7 nitrogen and oxygen atoms in total. The third kappa shape index (κ3) is 2.45. The van der Waals surface area contributed by atoms with Crippen molar-refractivity contribution >= 4 is 17.7 Å². The van der Waals surface area contributed by atoms with Crippen LogP contribution in [0.1, 0.15) is 21.5 Å². The van der Waals surface area contributed by atoms with Gasteiger partial charge in [0.1, 0.15) is 11.4 Å². The highest BCUT2D eigenvalue weighted by atomic mass is 16.4. The highest BCUT2D eigenvalue weighted by molar-refractivity contribution is 5.95. The van der Waals surface area contributed by atoms with E-state index in [1.807, 2.05) is 4.90 Å². The second kappa shape index (κ2) is 5.59. The third-order valence-electron chi connectivity index (χ3n) is 3.72. The number of fused-ring (bicyclic) bond motifs is 1. The molecule has 1 aliphatic heterocycles. The third-order valence-corrected chi connectivity index (χ3v) is 3.72. The van der Waals surface area contributed by atoms with Gasteiger partial charge in [-0.05, 0) is 23.6 Å². The van der Waals surface area contributed by atoms with Gasteiger partial charge < -0.3 is 14.9 Å². The standard InChI is InChI=1S/C15H17N5O2/c1-19(2)13-12(14(21)22)11-4-7-20(9-10(11)8-18-13)15-16-5-3-6-17-15/h3,5-6,8H,4,7,9H2,1-2H3,(H,21,22). The van der Waals surface area contributed by atoms with Crippen molar-refractivity contribution in [3.63, 3.8) is 0 Å². The van der Waals surface area contributed by atoms with Crippen LogP contribution in [0, 0.1) is 0 Å². The molecule has 0 aromatic carbocycles. The highest BCUT2D eigenvalue weighted by Crippen LogP contribution is 2.28. The summed E-state index contributed by atoms with van der Waals surface area (Å²) < 4.78 is 0. The molecule has 1 aliphatic rings. The number of anilines is 2. The van der Waals surface area contributed by atoms with Crippen molar-refractivity contribution in [1.82, 2.24) is 15.0 Å². The molecule has 0 fully saturated rings. The molecule has 0 atom stereocenters. The molecule has 0 amide bonds. The molecule has 0 saturated carbocycles. The first-order valence-electron chi connectivity index (χ1n) is 7.01. The van der Waals surface area contributed by atoms with E-state index in [9.17, 15) is 9.90 Å². The topological polar surface area (TPSA) is 82.5 Å². The van der Waals surface area contributed by atoms with Gasteiger partial charge in [-0.15, -0.1) is 0 Å². The van der Waals surface area contributed by atoms with Gasteiger partial charge in [-0.25, -0.2) is 19.7 Å². The van der Waals surface area contributed by atoms with Crippen molar-refractivity contribution in [1.29, 1.82) is 0 Å². The minimum Gasteiger partial charge on any atom is -0.478 e. The Labute approximate surface area is 128 Å². The lowest BCUT2D eigenvalue weighted by molar-refractivity contribution is 0.0695. The summed E-state index contributed by atoms with van der Waals surface area (Å²) in [6.07, 6.45) is 5.80. The van der Waals surface area contributed by atoms with Gasteiger partial charge in [0, 0.05) is 45.8 Å². The van der Waals surface area contributed by atoms with E-state index in [1.165, 1.54) is 0 Å². The molecule has 2 aromatic heterocycles. The van der Waals surface area contributed by atoms with Crippen molar-refractivity contribution in [2.24, 2.45) is 0 Å². The molecule has 2 aromatic rings. The number of nitrogens with zero attached hydrogens (tertiary/aromatic N) is 5. The predicted molar refractivity (Wildman–Crippen MR) is 82.3 cm³/mol. The summed E-state index contributed by atoms with van der Waals surface area (Å²) in [5, 5.41) is 9.55. The molecule has 1 N–H and O–H groups in total. The summed E-state index contributed by atoms with van der Waals surface area (Å²) in [4.78, 5) is 28.2. The Kier molecular flexibility index (Phi) is 3.62. The van der Waals surface area contributed by atoms with Crippen molar-refractivity contribution in [2.45, 2.75) is 13.0 Å². The molecule has 0 unspecified atom stereocenters. The lowest BCUT2D eigenvalue weighted by atomic mass is 9.96. The number of carbonyl (C=O) groups is 1. The minimum atomic E-state index is -0.933. The summed E-state index contributed by atoms with van der Waals surface area (Å²) in [6.45, 7) is 1.26. The molecule has 22 heavy (non-hydrogen) atoms.